The minimum absolute atomic E-state index is 0.0326. The van der Waals surface area contributed by atoms with E-state index < -0.39 is 5.82 Å². The molecular formula is C16H14ClFOS. The van der Waals surface area contributed by atoms with Crippen molar-refractivity contribution in [1.29, 1.82) is 0 Å². The maximum Gasteiger partial charge on any atom is 0.177 e. The van der Waals surface area contributed by atoms with Gasteiger partial charge in [0.15, 0.2) is 5.78 Å². The summed E-state index contributed by atoms with van der Waals surface area (Å²) in [5, 5.41) is 0.319. The van der Waals surface area contributed by atoms with Crippen molar-refractivity contribution in [2.24, 2.45) is 0 Å². The van der Waals surface area contributed by atoms with Gasteiger partial charge in [-0.1, -0.05) is 17.7 Å². The number of Topliss-reactive ketones (excluding diaryl/α,β-unsaturated/α-hetero) is 1. The number of ketones is 1. The molecule has 0 bridgehead atoms. The van der Waals surface area contributed by atoms with Crippen molar-refractivity contribution in [1.82, 2.24) is 0 Å². The van der Waals surface area contributed by atoms with E-state index in [9.17, 15) is 9.18 Å². The van der Waals surface area contributed by atoms with Gasteiger partial charge in [0, 0.05) is 21.9 Å². The van der Waals surface area contributed by atoms with Crippen LogP contribution in [-0.2, 0) is 19.3 Å². The molecule has 2 aromatic rings. The van der Waals surface area contributed by atoms with Crippen LogP contribution < -0.4 is 0 Å². The zero-order valence-electron chi connectivity index (χ0n) is 10.9. The van der Waals surface area contributed by atoms with Crippen molar-refractivity contribution in [2.75, 3.05) is 0 Å². The summed E-state index contributed by atoms with van der Waals surface area (Å²) in [6, 6.07) is 6.49. The highest BCUT2D eigenvalue weighted by Crippen LogP contribution is 2.31. The molecule has 1 aliphatic carbocycles. The van der Waals surface area contributed by atoms with Crippen molar-refractivity contribution in [3.05, 3.63) is 56.0 Å². The van der Waals surface area contributed by atoms with Crippen LogP contribution >= 0.6 is 22.9 Å². The predicted molar refractivity (Wildman–Crippen MR) is 80.4 cm³/mol. The van der Waals surface area contributed by atoms with E-state index in [2.05, 4.69) is 0 Å². The molecule has 1 aliphatic rings. The molecule has 3 rings (SSSR count). The lowest BCUT2D eigenvalue weighted by Crippen LogP contribution is -2.04. The summed E-state index contributed by atoms with van der Waals surface area (Å²) in [4.78, 5) is 14.4. The van der Waals surface area contributed by atoms with Gasteiger partial charge in [0.2, 0.25) is 0 Å². The molecule has 0 saturated carbocycles. The van der Waals surface area contributed by atoms with Crippen molar-refractivity contribution >= 4 is 28.7 Å². The third-order valence-electron chi connectivity index (χ3n) is 3.67. The lowest BCUT2D eigenvalue weighted by atomic mass is 9.98. The Labute approximate surface area is 126 Å². The van der Waals surface area contributed by atoms with Crippen LogP contribution in [0.1, 0.15) is 38.5 Å². The van der Waals surface area contributed by atoms with Crippen molar-refractivity contribution in [3.63, 3.8) is 0 Å². The van der Waals surface area contributed by atoms with Gasteiger partial charge < -0.3 is 0 Å². The summed E-state index contributed by atoms with van der Waals surface area (Å²) in [7, 11) is 0. The average molecular weight is 309 g/mol. The van der Waals surface area contributed by atoms with E-state index in [1.54, 1.807) is 23.5 Å². The standard InChI is InChI=1S/C16H14ClFOS/c17-12-5-3-6-13(18)11(12)9-14(19)16-8-10-4-1-2-7-15(10)20-16/h3,5-6,8H,1-2,4,7,9H2. The van der Waals surface area contributed by atoms with E-state index in [4.69, 9.17) is 11.6 Å². The van der Waals surface area contributed by atoms with Crippen LogP contribution in [-0.4, -0.2) is 5.78 Å². The lowest BCUT2D eigenvalue weighted by molar-refractivity contribution is 0.0995. The van der Waals surface area contributed by atoms with Gasteiger partial charge in [0.05, 0.1) is 4.88 Å². The second kappa shape index (κ2) is 5.66. The Morgan fingerprint density at radius 2 is 2.10 bits per heavy atom. The Morgan fingerprint density at radius 1 is 1.30 bits per heavy atom. The summed E-state index contributed by atoms with van der Waals surface area (Å²) >= 11 is 7.53. The number of carbonyl (C=O) groups excluding carboxylic acids is 1. The predicted octanol–water partition coefficient (Wildman–Crippen LogP) is 4.84. The molecule has 104 valence electrons. The SMILES string of the molecule is O=C(Cc1c(F)cccc1Cl)c1cc2c(s1)CCCC2. The zero-order valence-corrected chi connectivity index (χ0v) is 12.5. The third kappa shape index (κ3) is 2.65. The molecule has 1 nitrogen and oxygen atoms in total. The molecule has 0 spiro atoms. The smallest absolute Gasteiger partial charge is 0.177 e. The second-order valence-corrected chi connectivity index (χ2v) is 6.61. The molecule has 20 heavy (non-hydrogen) atoms. The van der Waals surface area contributed by atoms with Gasteiger partial charge in [0.25, 0.3) is 0 Å². The molecule has 1 aromatic heterocycles. The number of halogens is 2. The Morgan fingerprint density at radius 3 is 2.85 bits per heavy atom. The summed E-state index contributed by atoms with van der Waals surface area (Å²) in [6.07, 6.45) is 4.54. The normalized spacial score (nSPS) is 14.1. The molecule has 0 unspecified atom stereocenters. The first-order valence-electron chi connectivity index (χ1n) is 6.73. The van der Waals surface area contributed by atoms with Crippen molar-refractivity contribution in [2.45, 2.75) is 32.1 Å². The molecule has 4 heteroatoms. The van der Waals surface area contributed by atoms with Crippen LogP contribution in [0, 0.1) is 5.82 Å². The van der Waals surface area contributed by atoms with Crippen LogP contribution in [0.2, 0.25) is 5.02 Å². The topological polar surface area (TPSA) is 17.1 Å². The minimum atomic E-state index is -0.410. The summed E-state index contributed by atoms with van der Waals surface area (Å²) < 4.78 is 13.7. The van der Waals surface area contributed by atoms with Crippen molar-refractivity contribution in [3.8, 4) is 0 Å². The van der Waals surface area contributed by atoms with Gasteiger partial charge in [-0.05, 0) is 49.4 Å². The number of benzene rings is 1. The number of thiophene rings is 1. The molecule has 1 heterocycles. The molecular weight excluding hydrogens is 295 g/mol. The fraction of sp³-hybridized carbons (Fsp3) is 0.312. The molecule has 0 saturated heterocycles. The minimum Gasteiger partial charge on any atom is -0.293 e. The highest BCUT2D eigenvalue weighted by atomic mass is 35.5. The second-order valence-electron chi connectivity index (χ2n) is 5.07. The molecule has 0 radical (unpaired) electrons. The van der Waals surface area contributed by atoms with E-state index >= 15 is 0 Å². The number of fused-ring (bicyclic) bond motifs is 1. The van der Waals surface area contributed by atoms with E-state index in [0.29, 0.717) is 10.6 Å². The molecule has 1 aromatic carbocycles. The summed E-state index contributed by atoms with van der Waals surface area (Å²) in [5.41, 5.74) is 1.59. The molecule has 0 aliphatic heterocycles. The first-order valence-corrected chi connectivity index (χ1v) is 7.92. The van der Waals surface area contributed by atoms with Crippen LogP contribution in [0.3, 0.4) is 0 Å². The van der Waals surface area contributed by atoms with Crippen LogP contribution in [0.5, 0.6) is 0 Å². The number of hydrogen-bond acceptors (Lipinski definition) is 2. The average Bonchev–Trinajstić information content (AvgIpc) is 2.87. The molecule has 0 N–H and O–H groups in total. The summed E-state index contributed by atoms with van der Waals surface area (Å²) in [5.74, 6) is -0.455. The van der Waals surface area contributed by atoms with E-state index in [1.807, 2.05) is 6.07 Å². The van der Waals surface area contributed by atoms with Crippen molar-refractivity contribution < 1.29 is 9.18 Å². The number of rotatable bonds is 3. The quantitative estimate of drug-likeness (QED) is 0.741. The van der Waals surface area contributed by atoms with Gasteiger partial charge in [0.1, 0.15) is 5.82 Å². The molecule has 0 fully saturated rings. The number of aryl methyl sites for hydroxylation is 2. The number of carbonyl (C=O) groups is 1. The highest BCUT2D eigenvalue weighted by Gasteiger charge is 2.19. The fourth-order valence-corrected chi connectivity index (χ4v) is 4.00. The van der Waals surface area contributed by atoms with Gasteiger partial charge >= 0.3 is 0 Å². The Bertz CT molecular complexity index is 619. The third-order valence-corrected chi connectivity index (χ3v) is 5.30. The monoisotopic (exact) mass is 308 g/mol. The first kappa shape index (κ1) is 13.8. The van der Waals surface area contributed by atoms with E-state index in [0.717, 1.165) is 17.7 Å². The lowest BCUT2D eigenvalue weighted by Gasteiger charge is -2.08. The van der Waals surface area contributed by atoms with E-state index in [-0.39, 0.29) is 12.2 Å². The maximum atomic E-state index is 13.7. The van der Waals surface area contributed by atoms with E-state index in [1.165, 1.54) is 29.3 Å². The Kier molecular flexibility index (Phi) is 3.90. The van der Waals surface area contributed by atoms with Gasteiger partial charge in [-0.25, -0.2) is 4.39 Å². The summed E-state index contributed by atoms with van der Waals surface area (Å²) in [6.45, 7) is 0. The molecule has 0 amide bonds. The maximum absolute atomic E-state index is 13.7. The highest BCUT2D eigenvalue weighted by molar-refractivity contribution is 7.14. The van der Waals surface area contributed by atoms with Gasteiger partial charge in [-0.2, -0.15) is 0 Å². The van der Waals surface area contributed by atoms with Crippen LogP contribution in [0.4, 0.5) is 4.39 Å². The first-order chi connectivity index (χ1) is 9.65. The Balaban J connectivity index is 1.84. The van der Waals surface area contributed by atoms with Gasteiger partial charge in [-0.3, -0.25) is 4.79 Å². The largest absolute Gasteiger partial charge is 0.293 e. The van der Waals surface area contributed by atoms with Gasteiger partial charge in [-0.15, -0.1) is 11.3 Å². The fourth-order valence-electron chi connectivity index (χ4n) is 2.58. The zero-order chi connectivity index (χ0) is 14.1. The molecule has 0 atom stereocenters. The Hall–Kier alpha value is -1.19. The number of hydrogen-bond donors (Lipinski definition) is 0. The van der Waals surface area contributed by atoms with Crippen LogP contribution in [0.25, 0.3) is 0 Å². The van der Waals surface area contributed by atoms with Crippen LogP contribution in [0.15, 0.2) is 24.3 Å².